The maximum Gasteiger partial charge on any atom is 0.262 e. The molecule has 0 saturated carbocycles. The second-order valence-corrected chi connectivity index (χ2v) is 4.58. The van der Waals surface area contributed by atoms with Gasteiger partial charge in [0.05, 0.1) is 0 Å². The van der Waals surface area contributed by atoms with Crippen molar-refractivity contribution in [3.8, 4) is 0 Å². The third kappa shape index (κ3) is 5.59. The lowest BCUT2D eigenvalue weighted by Gasteiger charge is -2.02. The number of hydrogen-bond acceptors (Lipinski definition) is 2. The number of nitrogens with one attached hydrogen (secondary N) is 2. The maximum absolute atomic E-state index is 13.4. The molecule has 0 aliphatic carbocycles. The fraction of sp³-hybridized carbons (Fsp3) is 0. The number of hydrogen-bond donors (Lipinski definition) is 2. The molecule has 2 N–H and O–H groups in total. The Labute approximate surface area is 133 Å². The van der Waals surface area contributed by atoms with Crippen LogP contribution in [0.1, 0.15) is 11.1 Å². The Kier molecular flexibility index (Phi) is 5.82. The zero-order chi connectivity index (χ0) is 16.5. The summed E-state index contributed by atoms with van der Waals surface area (Å²) in [6, 6.07) is 15.3. The van der Waals surface area contributed by atoms with Crippen molar-refractivity contribution in [3.05, 3.63) is 83.7 Å². The Hall–Kier alpha value is -3.21. The van der Waals surface area contributed by atoms with Crippen LogP contribution in [0.2, 0.25) is 0 Å². The Morgan fingerprint density at radius 2 is 1.35 bits per heavy atom. The number of hydrazine groups is 1. The average molecular weight is 310 g/mol. The van der Waals surface area contributed by atoms with Gasteiger partial charge < -0.3 is 0 Å². The molecule has 2 amide bonds. The van der Waals surface area contributed by atoms with E-state index in [9.17, 15) is 14.0 Å². The number of carbonyl (C=O) groups excluding carboxylic acids is 2. The molecule has 4 nitrogen and oxygen atoms in total. The van der Waals surface area contributed by atoms with Gasteiger partial charge in [0.1, 0.15) is 5.82 Å². The van der Waals surface area contributed by atoms with Crippen LogP contribution in [0, 0.1) is 5.82 Å². The van der Waals surface area contributed by atoms with Crippen LogP contribution in [0.5, 0.6) is 0 Å². The summed E-state index contributed by atoms with van der Waals surface area (Å²) in [6.07, 6.45) is 5.39. The Morgan fingerprint density at radius 1 is 0.783 bits per heavy atom. The van der Waals surface area contributed by atoms with Crippen molar-refractivity contribution < 1.29 is 14.0 Å². The van der Waals surface area contributed by atoms with Crippen LogP contribution in [-0.2, 0) is 9.59 Å². The lowest BCUT2D eigenvalue weighted by Crippen LogP contribution is -2.39. The highest BCUT2D eigenvalue weighted by Crippen LogP contribution is 2.07. The van der Waals surface area contributed by atoms with Crippen molar-refractivity contribution in [3.63, 3.8) is 0 Å². The molecular formula is C18H15FN2O2. The molecule has 0 bridgehead atoms. The van der Waals surface area contributed by atoms with Crippen molar-refractivity contribution in [2.75, 3.05) is 0 Å². The van der Waals surface area contributed by atoms with Gasteiger partial charge >= 0.3 is 0 Å². The molecule has 2 aromatic rings. The van der Waals surface area contributed by atoms with E-state index in [0.29, 0.717) is 0 Å². The SMILES string of the molecule is O=C(C=Cc1ccccc1)NNC(=O)/C=C/c1ccccc1F. The van der Waals surface area contributed by atoms with E-state index < -0.39 is 17.6 Å². The van der Waals surface area contributed by atoms with Gasteiger partial charge in [-0.3, -0.25) is 20.4 Å². The summed E-state index contributed by atoms with van der Waals surface area (Å²) >= 11 is 0. The van der Waals surface area contributed by atoms with Gasteiger partial charge in [0.25, 0.3) is 11.8 Å². The normalized spacial score (nSPS) is 10.8. The first-order valence-corrected chi connectivity index (χ1v) is 6.91. The minimum Gasteiger partial charge on any atom is -0.268 e. The van der Waals surface area contributed by atoms with Crippen molar-refractivity contribution in [2.45, 2.75) is 0 Å². The highest BCUT2D eigenvalue weighted by Gasteiger charge is 2.00. The van der Waals surface area contributed by atoms with Gasteiger partial charge in [-0.05, 0) is 23.8 Å². The zero-order valence-corrected chi connectivity index (χ0v) is 12.2. The molecule has 2 aromatic carbocycles. The summed E-state index contributed by atoms with van der Waals surface area (Å²) in [5.74, 6) is -1.46. The van der Waals surface area contributed by atoms with Crippen LogP contribution in [0.15, 0.2) is 66.7 Å². The summed E-state index contributed by atoms with van der Waals surface area (Å²) < 4.78 is 13.4. The summed E-state index contributed by atoms with van der Waals surface area (Å²) in [5, 5.41) is 0. The molecule has 116 valence electrons. The fourth-order valence-electron chi connectivity index (χ4n) is 1.72. The minimum atomic E-state index is -0.560. The van der Waals surface area contributed by atoms with Crippen LogP contribution < -0.4 is 10.9 Å². The zero-order valence-electron chi connectivity index (χ0n) is 12.2. The van der Waals surface area contributed by atoms with E-state index in [2.05, 4.69) is 10.9 Å². The third-order valence-corrected chi connectivity index (χ3v) is 2.86. The molecule has 0 saturated heterocycles. The number of amides is 2. The Morgan fingerprint density at radius 3 is 2.00 bits per heavy atom. The van der Waals surface area contributed by atoms with Gasteiger partial charge in [-0.25, -0.2) is 4.39 Å². The predicted molar refractivity (Wildman–Crippen MR) is 87.2 cm³/mol. The van der Waals surface area contributed by atoms with Gasteiger partial charge in [0, 0.05) is 17.7 Å². The van der Waals surface area contributed by atoms with E-state index >= 15 is 0 Å². The van der Waals surface area contributed by atoms with Crippen LogP contribution in [0.4, 0.5) is 4.39 Å². The molecule has 0 fully saturated rings. The summed E-state index contributed by atoms with van der Waals surface area (Å²) in [6.45, 7) is 0. The molecule has 0 heterocycles. The monoisotopic (exact) mass is 310 g/mol. The molecule has 2 rings (SSSR count). The molecule has 0 aliphatic rings. The molecule has 0 aliphatic heterocycles. The van der Waals surface area contributed by atoms with E-state index in [4.69, 9.17) is 0 Å². The first-order valence-electron chi connectivity index (χ1n) is 6.91. The van der Waals surface area contributed by atoms with Gasteiger partial charge in [-0.2, -0.15) is 0 Å². The molecule has 0 unspecified atom stereocenters. The lowest BCUT2D eigenvalue weighted by atomic mass is 10.2. The number of halogens is 1. The van der Waals surface area contributed by atoms with Crippen LogP contribution >= 0.6 is 0 Å². The van der Waals surface area contributed by atoms with Crippen molar-refractivity contribution >= 4 is 24.0 Å². The third-order valence-electron chi connectivity index (χ3n) is 2.86. The minimum absolute atomic E-state index is 0.290. The summed E-state index contributed by atoms with van der Waals surface area (Å²) in [4.78, 5) is 23.1. The molecule has 0 atom stereocenters. The number of carbonyl (C=O) groups is 2. The summed E-state index contributed by atoms with van der Waals surface area (Å²) in [7, 11) is 0. The molecule has 0 spiro atoms. The van der Waals surface area contributed by atoms with Gasteiger partial charge in [0.15, 0.2) is 0 Å². The van der Waals surface area contributed by atoms with Gasteiger partial charge in [-0.15, -0.1) is 0 Å². The van der Waals surface area contributed by atoms with Crippen molar-refractivity contribution in [2.24, 2.45) is 0 Å². The standard InChI is InChI=1S/C18H15FN2O2/c19-16-9-5-4-8-15(16)11-13-18(23)21-20-17(22)12-10-14-6-2-1-3-7-14/h1-13H,(H,20,22)(H,21,23)/b12-10?,13-11+. The molecule has 23 heavy (non-hydrogen) atoms. The number of benzene rings is 2. The average Bonchev–Trinajstić information content (AvgIpc) is 2.58. The Balaban J connectivity index is 1.81. The van der Waals surface area contributed by atoms with Crippen molar-refractivity contribution in [1.82, 2.24) is 10.9 Å². The molecule has 0 aromatic heterocycles. The molecule has 0 radical (unpaired) electrons. The second kappa shape index (κ2) is 8.29. The van der Waals surface area contributed by atoms with E-state index in [1.807, 2.05) is 30.3 Å². The first kappa shape index (κ1) is 16.2. The first-order chi connectivity index (χ1) is 11.1. The van der Waals surface area contributed by atoms with E-state index in [1.54, 1.807) is 24.3 Å². The van der Waals surface area contributed by atoms with E-state index in [1.165, 1.54) is 18.2 Å². The smallest absolute Gasteiger partial charge is 0.262 e. The largest absolute Gasteiger partial charge is 0.268 e. The topological polar surface area (TPSA) is 58.2 Å². The van der Waals surface area contributed by atoms with Crippen LogP contribution in [0.25, 0.3) is 12.2 Å². The predicted octanol–water partition coefficient (Wildman–Crippen LogP) is 2.70. The van der Waals surface area contributed by atoms with Gasteiger partial charge in [0.2, 0.25) is 0 Å². The van der Waals surface area contributed by atoms with Crippen LogP contribution in [0.3, 0.4) is 0 Å². The van der Waals surface area contributed by atoms with E-state index in [-0.39, 0.29) is 5.56 Å². The quantitative estimate of drug-likeness (QED) is 0.674. The van der Waals surface area contributed by atoms with Crippen LogP contribution in [-0.4, -0.2) is 11.8 Å². The molecule has 5 heteroatoms. The maximum atomic E-state index is 13.4. The molecular weight excluding hydrogens is 295 g/mol. The van der Waals surface area contributed by atoms with Gasteiger partial charge in [-0.1, -0.05) is 48.5 Å². The fourth-order valence-corrected chi connectivity index (χ4v) is 1.72. The highest BCUT2D eigenvalue weighted by atomic mass is 19.1. The van der Waals surface area contributed by atoms with E-state index in [0.717, 1.165) is 11.6 Å². The number of rotatable bonds is 4. The highest BCUT2D eigenvalue weighted by molar-refractivity contribution is 5.96. The summed E-state index contributed by atoms with van der Waals surface area (Å²) in [5.41, 5.74) is 5.60. The lowest BCUT2D eigenvalue weighted by molar-refractivity contribution is -0.123. The van der Waals surface area contributed by atoms with Crippen molar-refractivity contribution in [1.29, 1.82) is 0 Å². The second-order valence-electron chi connectivity index (χ2n) is 4.58. The Bertz CT molecular complexity index is 740.